The van der Waals surface area contributed by atoms with Crippen LogP contribution in [0, 0.1) is 0 Å². The number of hydrogen-bond acceptors (Lipinski definition) is 4. The second kappa shape index (κ2) is 7.40. The zero-order valence-electron chi connectivity index (χ0n) is 16.3. The van der Waals surface area contributed by atoms with Gasteiger partial charge in [-0.1, -0.05) is 29.8 Å². The highest BCUT2D eigenvalue weighted by molar-refractivity contribution is 6.31. The number of benzene rings is 1. The van der Waals surface area contributed by atoms with Crippen LogP contribution in [0.3, 0.4) is 0 Å². The second-order valence-electron chi connectivity index (χ2n) is 8.05. The van der Waals surface area contributed by atoms with Gasteiger partial charge in [-0.05, 0) is 49.8 Å². The Morgan fingerprint density at radius 3 is 2.77 bits per heavy atom. The van der Waals surface area contributed by atoms with E-state index >= 15 is 0 Å². The summed E-state index contributed by atoms with van der Waals surface area (Å²) in [6.45, 7) is 0.657. The number of rotatable bonds is 4. The van der Waals surface area contributed by atoms with Gasteiger partial charge < -0.3 is 4.90 Å². The summed E-state index contributed by atoms with van der Waals surface area (Å²) in [6.07, 6.45) is 5.77. The highest BCUT2D eigenvalue weighted by atomic mass is 35.5. The first-order valence-corrected chi connectivity index (χ1v) is 10.6. The number of amides is 1. The van der Waals surface area contributed by atoms with E-state index in [1.807, 2.05) is 29.2 Å². The molecule has 5 rings (SSSR count). The lowest BCUT2D eigenvalue weighted by Gasteiger charge is -2.25. The third kappa shape index (κ3) is 3.33. The Bertz CT molecular complexity index is 1260. The van der Waals surface area contributed by atoms with Crippen molar-refractivity contribution in [2.75, 3.05) is 6.54 Å². The largest absolute Gasteiger partial charge is 0.335 e. The maximum Gasteiger partial charge on any atom is 0.330 e. The van der Waals surface area contributed by atoms with E-state index < -0.39 is 11.2 Å². The van der Waals surface area contributed by atoms with Crippen LogP contribution >= 0.6 is 11.6 Å². The van der Waals surface area contributed by atoms with Gasteiger partial charge in [-0.2, -0.15) is 0 Å². The van der Waals surface area contributed by atoms with Crippen molar-refractivity contribution in [2.45, 2.75) is 44.2 Å². The molecule has 2 fully saturated rings. The van der Waals surface area contributed by atoms with Crippen molar-refractivity contribution in [2.24, 2.45) is 0 Å². The number of aromatic amines is 1. The van der Waals surface area contributed by atoms with Crippen molar-refractivity contribution < 1.29 is 4.79 Å². The maximum absolute atomic E-state index is 13.3. The van der Waals surface area contributed by atoms with Gasteiger partial charge in [0.15, 0.2) is 0 Å². The third-order valence-corrected chi connectivity index (χ3v) is 6.36. The quantitative estimate of drug-likeness (QED) is 0.697. The number of fused-ring (bicyclic) bond motifs is 1. The fraction of sp³-hybridized carbons (Fsp3) is 0.364. The number of H-pyrrole nitrogens is 1. The summed E-state index contributed by atoms with van der Waals surface area (Å²) in [6, 6.07) is 9.36. The number of nitrogens with zero attached hydrogens (tertiary/aromatic N) is 3. The molecule has 1 amide bonds. The molecule has 1 atom stereocenters. The normalized spacial score (nSPS) is 18.8. The van der Waals surface area contributed by atoms with Crippen LogP contribution < -0.4 is 11.2 Å². The highest BCUT2D eigenvalue weighted by Gasteiger charge is 2.31. The molecule has 0 bridgehead atoms. The molecule has 1 aromatic carbocycles. The summed E-state index contributed by atoms with van der Waals surface area (Å²) >= 11 is 6.31. The molecule has 2 aliphatic rings. The lowest BCUT2D eigenvalue weighted by atomic mass is 10.0. The van der Waals surface area contributed by atoms with Gasteiger partial charge in [-0.3, -0.25) is 19.1 Å². The van der Waals surface area contributed by atoms with Crippen molar-refractivity contribution in [3.05, 3.63) is 73.5 Å². The van der Waals surface area contributed by atoms with Gasteiger partial charge in [0.25, 0.3) is 11.5 Å². The molecule has 3 heterocycles. The third-order valence-electron chi connectivity index (χ3n) is 5.99. The van der Waals surface area contributed by atoms with Gasteiger partial charge in [0, 0.05) is 29.8 Å². The van der Waals surface area contributed by atoms with Crippen molar-refractivity contribution in [3.8, 4) is 0 Å². The van der Waals surface area contributed by atoms with Crippen LogP contribution in [0.5, 0.6) is 0 Å². The molecule has 1 saturated heterocycles. The second-order valence-corrected chi connectivity index (χ2v) is 8.45. The van der Waals surface area contributed by atoms with E-state index in [1.165, 1.54) is 10.8 Å². The van der Waals surface area contributed by atoms with E-state index in [4.69, 9.17) is 11.6 Å². The molecule has 2 aromatic heterocycles. The molecule has 0 radical (unpaired) electrons. The maximum atomic E-state index is 13.3. The predicted octanol–water partition coefficient (Wildman–Crippen LogP) is 2.92. The van der Waals surface area contributed by atoms with Crippen molar-refractivity contribution in [1.29, 1.82) is 0 Å². The molecule has 154 valence electrons. The Labute approximate surface area is 177 Å². The molecular formula is C22H21ClN4O3. The van der Waals surface area contributed by atoms with Crippen LogP contribution in [-0.2, 0) is 6.42 Å². The van der Waals surface area contributed by atoms with Crippen LogP contribution in [0.25, 0.3) is 11.0 Å². The van der Waals surface area contributed by atoms with Crippen LogP contribution in [0.2, 0.25) is 5.02 Å². The van der Waals surface area contributed by atoms with Crippen molar-refractivity contribution in [3.63, 3.8) is 0 Å². The zero-order chi connectivity index (χ0) is 20.8. The Morgan fingerprint density at radius 1 is 1.20 bits per heavy atom. The fourth-order valence-electron chi connectivity index (χ4n) is 4.32. The standard InChI is InChI=1S/C22H21ClN4O3/c23-18-6-2-1-4-13(18)10-16-5-3-9-26(16)21(29)14-11-17-19(24-12-14)27(15-7-8-15)22(30)25-20(17)28/h1-2,4,6,11-12,15-16H,3,5,7-10H2,(H,25,28,30). The molecular weight excluding hydrogens is 404 g/mol. The van der Waals surface area contributed by atoms with Crippen LogP contribution in [0.4, 0.5) is 0 Å². The summed E-state index contributed by atoms with van der Waals surface area (Å²) in [4.78, 5) is 46.4. The fourth-order valence-corrected chi connectivity index (χ4v) is 4.54. The van der Waals surface area contributed by atoms with Gasteiger partial charge in [-0.25, -0.2) is 9.78 Å². The molecule has 7 nitrogen and oxygen atoms in total. The molecule has 1 N–H and O–H groups in total. The highest BCUT2D eigenvalue weighted by Crippen LogP contribution is 2.35. The molecule has 1 aliphatic heterocycles. The van der Waals surface area contributed by atoms with Gasteiger partial charge in [-0.15, -0.1) is 0 Å². The predicted molar refractivity (Wildman–Crippen MR) is 114 cm³/mol. The summed E-state index contributed by atoms with van der Waals surface area (Å²) in [5.74, 6) is -0.150. The van der Waals surface area contributed by atoms with Gasteiger partial charge in [0.2, 0.25) is 0 Å². The minimum Gasteiger partial charge on any atom is -0.335 e. The first-order chi connectivity index (χ1) is 14.5. The number of carbonyl (C=O) groups excluding carboxylic acids is 1. The number of aromatic nitrogens is 3. The number of nitrogens with one attached hydrogen (secondary N) is 1. The van der Waals surface area contributed by atoms with E-state index in [2.05, 4.69) is 9.97 Å². The van der Waals surface area contributed by atoms with E-state index in [0.717, 1.165) is 31.2 Å². The van der Waals surface area contributed by atoms with Crippen LogP contribution in [0.1, 0.15) is 47.6 Å². The lowest BCUT2D eigenvalue weighted by molar-refractivity contribution is 0.0736. The molecule has 30 heavy (non-hydrogen) atoms. The smallest absolute Gasteiger partial charge is 0.330 e. The molecule has 8 heteroatoms. The lowest BCUT2D eigenvalue weighted by Crippen LogP contribution is -2.37. The van der Waals surface area contributed by atoms with Crippen molar-refractivity contribution >= 4 is 28.5 Å². The number of halogens is 1. The Morgan fingerprint density at radius 2 is 2.00 bits per heavy atom. The van der Waals surface area contributed by atoms with Crippen LogP contribution in [-0.4, -0.2) is 37.9 Å². The Kier molecular flexibility index (Phi) is 4.70. The Balaban J connectivity index is 1.47. The molecule has 0 spiro atoms. The van der Waals surface area contributed by atoms with Gasteiger partial charge in [0.1, 0.15) is 5.65 Å². The van der Waals surface area contributed by atoms with E-state index in [1.54, 1.807) is 6.07 Å². The number of hydrogen-bond donors (Lipinski definition) is 1. The Hall–Kier alpha value is -2.93. The van der Waals surface area contributed by atoms with E-state index in [9.17, 15) is 14.4 Å². The summed E-state index contributed by atoms with van der Waals surface area (Å²) in [7, 11) is 0. The first-order valence-electron chi connectivity index (χ1n) is 10.2. The first kappa shape index (κ1) is 19.1. The topological polar surface area (TPSA) is 88.1 Å². The average molecular weight is 425 g/mol. The SMILES string of the molecule is O=C(c1cnc2c(c1)c(=O)[nH]c(=O)n2C1CC1)N1CCCC1Cc1ccccc1Cl. The molecule has 3 aromatic rings. The minimum absolute atomic E-state index is 0.0480. The summed E-state index contributed by atoms with van der Waals surface area (Å²) in [5.41, 5.74) is 0.770. The number of likely N-dealkylation sites (tertiary alicyclic amines) is 1. The average Bonchev–Trinajstić information content (AvgIpc) is 3.46. The molecule has 1 aliphatic carbocycles. The van der Waals surface area contributed by atoms with Crippen molar-refractivity contribution in [1.82, 2.24) is 19.4 Å². The van der Waals surface area contributed by atoms with E-state index in [0.29, 0.717) is 29.2 Å². The number of pyridine rings is 1. The van der Waals surface area contributed by atoms with E-state index in [-0.39, 0.29) is 23.4 Å². The number of carbonyl (C=O) groups is 1. The zero-order valence-corrected chi connectivity index (χ0v) is 17.1. The summed E-state index contributed by atoms with van der Waals surface area (Å²) < 4.78 is 1.53. The van der Waals surface area contributed by atoms with Gasteiger partial charge in [0.05, 0.1) is 10.9 Å². The molecule has 1 saturated carbocycles. The molecule has 1 unspecified atom stereocenters. The minimum atomic E-state index is -0.511. The monoisotopic (exact) mass is 424 g/mol. The summed E-state index contributed by atoms with van der Waals surface area (Å²) in [5, 5.41) is 0.975. The van der Waals surface area contributed by atoms with Gasteiger partial charge >= 0.3 is 5.69 Å². The van der Waals surface area contributed by atoms with Crippen LogP contribution in [0.15, 0.2) is 46.1 Å².